The average Bonchev–Trinajstić information content (AvgIpc) is 3.48. The molecule has 3 nitrogen and oxygen atoms in total. The summed E-state index contributed by atoms with van der Waals surface area (Å²) in [6.07, 6.45) is 16.3. The SMILES string of the molecule is CCN1C(=CC=CC=CC=Cc2sc3ccccc3[n+]2CCC[N+](CC)(CC)CC)Sc2ccccc21.[Br-].[Br-]. The second kappa shape index (κ2) is 16.6. The normalized spacial score (nSPS) is 14.6. The number of halogens is 2. The molecule has 7 heteroatoms. The van der Waals surface area contributed by atoms with Crippen LogP contribution < -0.4 is 43.4 Å². The van der Waals surface area contributed by atoms with Gasteiger partial charge in [-0.25, -0.2) is 0 Å². The van der Waals surface area contributed by atoms with Crippen LogP contribution in [0.2, 0.25) is 0 Å². The summed E-state index contributed by atoms with van der Waals surface area (Å²) in [7, 11) is 0. The molecule has 0 saturated carbocycles. The third kappa shape index (κ3) is 8.20. The number of hydrogen-bond acceptors (Lipinski definition) is 3. The quantitative estimate of drug-likeness (QED) is 0.163. The highest BCUT2D eigenvalue weighted by atomic mass is 79.9. The van der Waals surface area contributed by atoms with Gasteiger partial charge in [0.05, 0.1) is 43.3 Å². The lowest BCUT2D eigenvalue weighted by molar-refractivity contribution is -0.925. The van der Waals surface area contributed by atoms with E-state index in [1.165, 1.54) is 67.9 Å². The predicted molar refractivity (Wildman–Crippen MR) is 164 cm³/mol. The van der Waals surface area contributed by atoms with Gasteiger partial charge < -0.3 is 43.3 Å². The zero-order valence-electron chi connectivity index (χ0n) is 23.5. The van der Waals surface area contributed by atoms with Crippen LogP contribution in [0.15, 0.2) is 94.9 Å². The average molecular weight is 692 g/mol. The first-order chi connectivity index (χ1) is 18.1. The van der Waals surface area contributed by atoms with Crippen LogP contribution in [0.4, 0.5) is 5.69 Å². The molecule has 39 heavy (non-hydrogen) atoms. The molecule has 0 amide bonds. The molecule has 210 valence electrons. The first-order valence-electron chi connectivity index (χ1n) is 13.7. The van der Waals surface area contributed by atoms with Gasteiger partial charge in [-0.15, -0.1) is 0 Å². The fraction of sp³-hybridized carbons (Fsp3) is 0.344. The molecule has 0 N–H and O–H groups in total. The van der Waals surface area contributed by atoms with E-state index in [0.717, 1.165) is 13.1 Å². The number of thioether (sulfide) groups is 1. The fourth-order valence-corrected chi connectivity index (χ4v) is 7.33. The van der Waals surface area contributed by atoms with Crippen LogP contribution in [-0.4, -0.2) is 37.2 Å². The largest absolute Gasteiger partial charge is 1.00 e. The van der Waals surface area contributed by atoms with Gasteiger partial charge in [0.2, 0.25) is 5.52 Å². The number of hydrogen-bond donors (Lipinski definition) is 0. The molecule has 4 rings (SSSR count). The Hall–Kier alpha value is -1.64. The number of anilines is 1. The minimum atomic E-state index is 0. The van der Waals surface area contributed by atoms with Crippen molar-refractivity contribution in [2.75, 3.05) is 37.6 Å². The van der Waals surface area contributed by atoms with Gasteiger partial charge in [-0.1, -0.05) is 77.7 Å². The van der Waals surface area contributed by atoms with Crippen molar-refractivity contribution in [1.29, 1.82) is 0 Å². The van der Waals surface area contributed by atoms with Gasteiger partial charge in [0.15, 0.2) is 6.54 Å². The van der Waals surface area contributed by atoms with Crippen molar-refractivity contribution in [2.24, 2.45) is 0 Å². The Labute approximate surface area is 264 Å². The Bertz CT molecular complexity index is 1300. The van der Waals surface area contributed by atoms with E-state index in [9.17, 15) is 0 Å². The summed E-state index contributed by atoms with van der Waals surface area (Å²) < 4.78 is 5.07. The number of fused-ring (bicyclic) bond motifs is 2. The van der Waals surface area contributed by atoms with Crippen molar-refractivity contribution in [1.82, 2.24) is 0 Å². The molecule has 0 saturated heterocycles. The third-order valence-corrected chi connectivity index (χ3v) is 9.80. The number of aromatic nitrogens is 1. The van der Waals surface area contributed by atoms with Gasteiger partial charge in [-0.05, 0) is 52.0 Å². The number of nitrogens with zero attached hydrogens (tertiary/aromatic N) is 3. The number of rotatable bonds is 12. The number of allylic oxidation sites excluding steroid dienone is 6. The first kappa shape index (κ1) is 33.6. The van der Waals surface area contributed by atoms with Crippen LogP contribution in [0.25, 0.3) is 16.3 Å². The van der Waals surface area contributed by atoms with Crippen molar-refractivity contribution >= 4 is 45.1 Å². The van der Waals surface area contributed by atoms with Gasteiger partial charge in [-0.3, -0.25) is 0 Å². The monoisotopic (exact) mass is 689 g/mol. The van der Waals surface area contributed by atoms with Crippen LogP contribution >= 0.6 is 23.1 Å². The molecule has 3 aromatic rings. The van der Waals surface area contributed by atoms with E-state index in [4.69, 9.17) is 0 Å². The number of thiazole rings is 1. The summed E-state index contributed by atoms with van der Waals surface area (Å²) in [6, 6.07) is 17.4. The molecule has 0 spiro atoms. The van der Waals surface area contributed by atoms with Crippen molar-refractivity contribution in [3.05, 3.63) is 95.0 Å². The Morgan fingerprint density at radius 3 is 2.23 bits per heavy atom. The molecule has 1 aliphatic heterocycles. The van der Waals surface area contributed by atoms with Crippen LogP contribution in [0, 0.1) is 0 Å². The number of quaternary nitrogens is 1. The van der Waals surface area contributed by atoms with Gasteiger partial charge >= 0.3 is 0 Å². The van der Waals surface area contributed by atoms with E-state index in [1.807, 2.05) is 23.1 Å². The van der Waals surface area contributed by atoms with Crippen molar-refractivity contribution < 1.29 is 43.0 Å². The number of para-hydroxylation sites is 2. The highest BCUT2D eigenvalue weighted by Gasteiger charge is 2.24. The Morgan fingerprint density at radius 1 is 0.821 bits per heavy atom. The van der Waals surface area contributed by atoms with E-state index in [-0.39, 0.29) is 34.0 Å². The summed E-state index contributed by atoms with van der Waals surface area (Å²) in [4.78, 5) is 3.71. The second-order valence-corrected chi connectivity index (χ2v) is 11.5. The summed E-state index contributed by atoms with van der Waals surface area (Å²) in [5, 5.41) is 2.60. The maximum Gasteiger partial charge on any atom is 0.262 e. The molecule has 0 unspecified atom stereocenters. The van der Waals surface area contributed by atoms with Crippen LogP contribution in [0.1, 0.15) is 39.1 Å². The molecule has 0 radical (unpaired) electrons. The highest BCUT2D eigenvalue weighted by Crippen LogP contribution is 2.45. The summed E-state index contributed by atoms with van der Waals surface area (Å²) in [5.74, 6) is 0. The molecule has 2 aromatic carbocycles. The molecule has 0 aliphatic carbocycles. The van der Waals surface area contributed by atoms with E-state index in [1.54, 1.807) is 0 Å². The molecular weight excluding hydrogens is 650 g/mol. The van der Waals surface area contributed by atoms with Crippen LogP contribution in [-0.2, 0) is 6.54 Å². The van der Waals surface area contributed by atoms with E-state index in [2.05, 4.69) is 128 Å². The minimum Gasteiger partial charge on any atom is -1.00 e. The van der Waals surface area contributed by atoms with Crippen molar-refractivity contribution in [3.63, 3.8) is 0 Å². The zero-order chi connectivity index (χ0) is 26.1. The lowest BCUT2D eigenvalue weighted by Gasteiger charge is -2.35. The highest BCUT2D eigenvalue weighted by molar-refractivity contribution is 8.03. The maximum atomic E-state index is 2.51. The second-order valence-electron chi connectivity index (χ2n) is 9.38. The molecule has 0 bridgehead atoms. The third-order valence-electron chi connectivity index (χ3n) is 7.54. The molecule has 2 heterocycles. The summed E-state index contributed by atoms with van der Waals surface area (Å²) in [6.45, 7) is 16.1. The smallest absolute Gasteiger partial charge is 0.262 e. The van der Waals surface area contributed by atoms with E-state index < -0.39 is 0 Å². The van der Waals surface area contributed by atoms with E-state index in [0.29, 0.717) is 0 Å². The maximum absolute atomic E-state index is 2.51. The molecule has 1 aromatic heterocycles. The molecule has 0 atom stereocenters. The van der Waals surface area contributed by atoms with Crippen molar-refractivity contribution in [2.45, 2.75) is 45.6 Å². The lowest BCUT2D eigenvalue weighted by atomic mass is 10.2. The zero-order valence-corrected chi connectivity index (χ0v) is 28.3. The van der Waals surface area contributed by atoms with Gasteiger partial charge in [0.25, 0.3) is 5.01 Å². The summed E-state index contributed by atoms with van der Waals surface area (Å²) in [5.41, 5.74) is 2.66. The van der Waals surface area contributed by atoms with Gasteiger partial charge in [0.1, 0.15) is 4.70 Å². The summed E-state index contributed by atoms with van der Waals surface area (Å²) >= 11 is 3.73. The predicted octanol–water partition coefficient (Wildman–Crippen LogP) is 2.06. The van der Waals surface area contributed by atoms with Crippen LogP contribution in [0.3, 0.4) is 0 Å². The number of benzene rings is 2. The van der Waals surface area contributed by atoms with E-state index >= 15 is 0 Å². The van der Waals surface area contributed by atoms with Crippen LogP contribution in [0.5, 0.6) is 0 Å². The minimum absolute atomic E-state index is 0. The van der Waals surface area contributed by atoms with Gasteiger partial charge in [0, 0.05) is 23.6 Å². The molecule has 1 aliphatic rings. The Morgan fingerprint density at radius 2 is 1.49 bits per heavy atom. The fourth-order valence-electron chi connectivity index (χ4n) is 5.09. The lowest BCUT2D eigenvalue weighted by Crippen LogP contribution is -3.00. The Kier molecular flexibility index (Phi) is 14.3. The molecule has 0 fully saturated rings. The van der Waals surface area contributed by atoms with Crippen molar-refractivity contribution in [3.8, 4) is 0 Å². The van der Waals surface area contributed by atoms with Gasteiger partial charge in [-0.2, -0.15) is 4.57 Å². The standard InChI is InChI=1S/C32H41N3S2.2BrH/c1-5-33-27-19-14-16-21-29(27)36-31(33)23-12-10-9-11-13-24-32-34(28-20-15-17-22-30(28)37-32)25-18-26-35(6-2,7-3)8-4;;/h9-17,19-24H,5-8,18,25-26H2,1-4H3;2*1H/q+2;;/p-2. The topological polar surface area (TPSA) is 7.12 Å². The molecular formula is C32H41Br2N3S2. The Balaban J connectivity index is 0.00000267. The first-order valence-corrected chi connectivity index (χ1v) is 15.3. The number of aryl methyl sites for hydroxylation is 1.